The van der Waals surface area contributed by atoms with Crippen LogP contribution in [0, 0.1) is 23.0 Å². The zero-order chi connectivity index (χ0) is 15.4. The Balaban J connectivity index is 3.00. The maximum absolute atomic E-state index is 12.2. The lowest BCUT2D eigenvalue weighted by Gasteiger charge is -2.18. The Labute approximate surface area is 117 Å². The van der Waals surface area contributed by atoms with Crippen LogP contribution in [0.15, 0.2) is 0 Å². The largest absolute Gasteiger partial charge is 0.346 e. The molecular formula is C12H21N5O3. The van der Waals surface area contributed by atoms with Crippen molar-refractivity contribution in [3.63, 3.8) is 0 Å². The molecule has 1 atom stereocenters. The van der Waals surface area contributed by atoms with Gasteiger partial charge in [0.05, 0.1) is 4.92 Å². The molecule has 8 heteroatoms. The van der Waals surface area contributed by atoms with Gasteiger partial charge in [0.2, 0.25) is 5.69 Å². The van der Waals surface area contributed by atoms with Crippen LogP contribution in [0.1, 0.15) is 36.5 Å². The molecule has 1 rings (SSSR count). The van der Waals surface area contributed by atoms with Crippen LogP contribution in [-0.2, 0) is 7.05 Å². The van der Waals surface area contributed by atoms with Gasteiger partial charge in [-0.15, -0.1) is 0 Å². The van der Waals surface area contributed by atoms with Crippen LogP contribution < -0.4 is 11.1 Å². The monoisotopic (exact) mass is 283 g/mol. The third kappa shape index (κ3) is 3.53. The van der Waals surface area contributed by atoms with Gasteiger partial charge in [0.15, 0.2) is 0 Å². The second-order valence-electron chi connectivity index (χ2n) is 5.20. The predicted molar refractivity (Wildman–Crippen MR) is 74.4 cm³/mol. The van der Waals surface area contributed by atoms with E-state index in [-0.39, 0.29) is 29.7 Å². The summed E-state index contributed by atoms with van der Waals surface area (Å²) in [6, 6.07) is -0.211. The fourth-order valence-corrected chi connectivity index (χ4v) is 2.16. The number of rotatable bonds is 6. The van der Waals surface area contributed by atoms with E-state index in [0.717, 1.165) is 0 Å². The summed E-state index contributed by atoms with van der Waals surface area (Å²) in [5, 5.41) is 17.7. The van der Waals surface area contributed by atoms with E-state index in [1.165, 1.54) is 18.7 Å². The molecule has 0 bridgehead atoms. The van der Waals surface area contributed by atoms with Gasteiger partial charge >= 0.3 is 5.69 Å². The Morgan fingerprint density at radius 1 is 1.55 bits per heavy atom. The Bertz CT molecular complexity index is 509. The lowest BCUT2D eigenvalue weighted by Crippen LogP contribution is -2.41. The topological polar surface area (TPSA) is 116 Å². The van der Waals surface area contributed by atoms with E-state index in [0.29, 0.717) is 12.3 Å². The van der Waals surface area contributed by atoms with Gasteiger partial charge in [-0.1, -0.05) is 13.8 Å². The van der Waals surface area contributed by atoms with Crippen LogP contribution in [0.25, 0.3) is 0 Å². The van der Waals surface area contributed by atoms with Crippen molar-refractivity contribution in [2.24, 2.45) is 18.7 Å². The summed E-state index contributed by atoms with van der Waals surface area (Å²) in [7, 11) is 1.51. The van der Waals surface area contributed by atoms with E-state index in [1.807, 2.05) is 13.8 Å². The number of nitro groups is 1. The first-order valence-electron chi connectivity index (χ1n) is 6.46. The average molecular weight is 283 g/mol. The molecule has 0 spiro atoms. The molecule has 3 N–H and O–H groups in total. The van der Waals surface area contributed by atoms with E-state index < -0.39 is 10.8 Å². The zero-order valence-corrected chi connectivity index (χ0v) is 12.2. The number of nitrogens with two attached hydrogens (primary N) is 1. The highest BCUT2D eigenvalue weighted by atomic mass is 16.6. The van der Waals surface area contributed by atoms with Crippen LogP contribution >= 0.6 is 0 Å². The predicted octanol–water partition coefficient (Wildman–Crippen LogP) is 0.740. The van der Waals surface area contributed by atoms with Crippen LogP contribution in [0.4, 0.5) is 5.69 Å². The lowest BCUT2D eigenvalue weighted by atomic mass is 10.0. The molecule has 0 aliphatic rings. The van der Waals surface area contributed by atoms with Gasteiger partial charge in [0.25, 0.3) is 5.91 Å². The molecule has 0 saturated heterocycles. The van der Waals surface area contributed by atoms with E-state index >= 15 is 0 Å². The molecule has 1 aromatic rings. The van der Waals surface area contributed by atoms with Crippen molar-refractivity contribution >= 4 is 11.6 Å². The van der Waals surface area contributed by atoms with Gasteiger partial charge in [0, 0.05) is 19.6 Å². The normalized spacial score (nSPS) is 12.5. The fraction of sp³-hybridized carbons (Fsp3) is 0.667. The second-order valence-corrected chi connectivity index (χ2v) is 5.20. The van der Waals surface area contributed by atoms with Crippen molar-refractivity contribution in [1.82, 2.24) is 15.1 Å². The minimum atomic E-state index is -0.586. The summed E-state index contributed by atoms with van der Waals surface area (Å²) in [6.07, 6.45) is 0.715. The van der Waals surface area contributed by atoms with Crippen LogP contribution in [0.5, 0.6) is 0 Å². The van der Waals surface area contributed by atoms with Crippen molar-refractivity contribution < 1.29 is 9.72 Å². The maximum Gasteiger partial charge on any atom is 0.322 e. The maximum atomic E-state index is 12.2. The number of carbonyl (C=O) groups is 1. The van der Waals surface area contributed by atoms with Crippen molar-refractivity contribution in [1.29, 1.82) is 0 Å². The smallest absolute Gasteiger partial charge is 0.322 e. The lowest BCUT2D eigenvalue weighted by molar-refractivity contribution is -0.385. The van der Waals surface area contributed by atoms with Gasteiger partial charge in [-0.3, -0.25) is 19.6 Å². The van der Waals surface area contributed by atoms with Crippen molar-refractivity contribution in [3.05, 3.63) is 21.5 Å². The third-order valence-electron chi connectivity index (χ3n) is 2.96. The molecule has 1 heterocycles. The Kier molecular flexibility index (Phi) is 5.20. The summed E-state index contributed by atoms with van der Waals surface area (Å²) < 4.78 is 1.23. The van der Waals surface area contributed by atoms with E-state index in [1.54, 1.807) is 0 Å². The van der Waals surface area contributed by atoms with Crippen LogP contribution in [-0.4, -0.2) is 33.2 Å². The fourth-order valence-electron chi connectivity index (χ4n) is 2.16. The van der Waals surface area contributed by atoms with Gasteiger partial charge in [-0.25, -0.2) is 0 Å². The van der Waals surface area contributed by atoms with Crippen molar-refractivity contribution in [3.8, 4) is 0 Å². The highest BCUT2D eigenvalue weighted by Crippen LogP contribution is 2.22. The number of amides is 1. The van der Waals surface area contributed by atoms with Gasteiger partial charge in [-0.2, -0.15) is 5.10 Å². The number of carbonyl (C=O) groups excluding carboxylic acids is 1. The highest BCUT2D eigenvalue weighted by Gasteiger charge is 2.30. The number of aromatic nitrogens is 2. The first-order valence-corrected chi connectivity index (χ1v) is 6.46. The first-order chi connectivity index (χ1) is 9.27. The highest BCUT2D eigenvalue weighted by molar-refractivity contribution is 5.97. The second kappa shape index (κ2) is 6.47. The van der Waals surface area contributed by atoms with E-state index in [4.69, 9.17) is 5.73 Å². The van der Waals surface area contributed by atoms with E-state index in [9.17, 15) is 14.9 Å². The molecular weight excluding hydrogens is 262 g/mol. The van der Waals surface area contributed by atoms with Crippen molar-refractivity contribution in [2.45, 2.75) is 33.2 Å². The first kappa shape index (κ1) is 16.1. The zero-order valence-electron chi connectivity index (χ0n) is 12.2. The average Bonchev–Trinajstić information content (AvgIpc) is 2.62. The minimum Gasteiger partial charge on any atom is -0.346 e. The Hall–Kier alpha value is -1.96. The number of aryl methyl sites for hydroxylation is 2. The quantitative estimate of drug-likeness (QED) is 0.590. The molecule has 112 valence electrons. The molecule has 0 aliphatic heterocycles. The van der Waals surface area contributed by atoms with Gasteiger partial charge in [0.1, 0.15) is 5.69 Å². The number of hydrogen-bond acceptors (Lipinski definition) is 5. The number of nitrogens with zero attached hydrogens (tertiary/aromatic N) is 3. The molecule has 0 aromatic carbocycles. The summed E-state index contributed by atoms with van der Waals surface area (Å²) >= 11 is 0. The molecule has 0 aliphatic carbocycles. The molecule has 8 nitrogen and oxygen atoms in total. The molecule has 0 radical (unpaired) electrons. The van der Waals surface area contributed by atoms with Crippen LogP contribution in [0.3, 0.4) is 0 Å². The Morgan fingerprint density at radius 3 is 2.60 bits per heavy atom. The molecule has 1 aromatic heterocycles. The van der Waals surface area contributed by atoms with Gasteiger partial charge < -0.3 is 11.1 Å². The van der Waals surface area contributed by atoms with Crippen molar-refractivity contribution in [2.75, 3.05) is 6.54 Å². The molecule has 0 saturated carbocycles. The van der Waals surface area contributed by atoms with Gasteiger partial charge in [-0.05, 0) is 19.3 Å². The standard InChI is InChI=1S/C12H21N5O3/c1-7(2)5-9(6-13)14-12(18)11-10(17(19)20)8(3)15-16(11)4/h7,9H,5-6,13H2,1-4H3,(H,14,18). The minimum absolute atomic E-state index is 0.0466. The SMILES string of the molecule is Cc1nn(C)c(C(=O)NC(CN)CC(C)C)c1[N+](=O)[O-]. The molecule has 20 heavy (non-hydrogen) atoms. The molecule has 1 unspecified atom stereocenters. The molecule has 0 fully saturated rings. The number of hydrogen-bond donors (Lipinski definition) is 2. The summed E-state index contributed by atoms with van der Waals surface area (Å²) in [4.78, 5) is 22.7. The number of nitrogens with one attached hydrogen (secondary N) is 1. The van der Waals surface area contributed by atoms with E-state index in [2.05, 4.69) is 10.4 Å². The van der Waals surface area contributed by atoms with Crippen LogP contribution in [0.2, 0.25) is 0 Å². The summed E-state index contributed by atoms with van der Waals surface area (Å²) in [5.74, 6) is -0.150. The Morgan fingerprint density at radius 2 is 2.15 bits per heavy atom. The third-order valence-corrected chi connectivity index (χ3v) is 2.96. The summed E-state index contributed by atoms with van der Waals surface area (Å²) in [5.41, 5.74) is 5.53. The molecule has 1 amide bonds. The summed E-state index contributed by atoms with van der Waals surface area (Å²) in [6.45, 7) is 5.83.